The molecule has 0 spiro atoms. The lowest BCUT2D eigenvalue weighted by Gasteiger charge is -2.22. The Balaban J connectivity index is 3.84. The lowest BCUT2D eigenvalue weighted by molar-refractivity contribution is -0.0714. The van der Waals surface area contributed by atoms with E-state index < -0.39 is 17.4 Å². The fourth-order valence-electron chi connectivity index (χ4n) is 0.784. The minimum atomic E-state index is -3.55. The molecular weight excluding hydrogens is 190 g/mol. The Morgan fingerprint density at radius 1 is 1.58 bits per heavy atom. The predicted molar refractivity (Wildman–Crippen MR) is 42.5 cm³/mol. The van der Waals surface area contributed by atoms with Crippen molar-refractivity contribution in [3.8, 4) is 0 Å². The molecule has 74 valence electrons. The largest absolute Gasteiger partial charge is 0.385 e. The third-order valence-corrected chi connectivity index (χ3v) is 1.88. The number of hydrogen-bond donors (Lipinski definition) is 1. The first-order valence-electron chi connectivity index (χ1n) is 3.63. The summed E-state index contributed by atoms with van der Waals surface area (Å²) in [4.78, 5) is 0. The molecule has 0 amide bonds. The lowest BCUT2D eigenvalue weighted by Crippen LogP contribution is -2.34. The van der Waals surface area contributed by atoms with E-state index in [2.05, 4.69) is 16.3 Å². The molecular formula is C7H13ClF2O2. The summed E-state index contributed by atoms with van der Waals surface area (Å²) in [6.45, 7) is 1.84. The van der Waals surface area contributed by atoms with Gasteiger partial charge < -0.3 is 9.84 Å². The molecule has 0 aromatic heterocycles. The van der Waals surface area contributed by atoms with E-state index in [1.54, 1.807) is 0 Å². The number of ether oxygens (including phenoxy) is 1. The van der Waals surface area contributed by atoms with E-state index in [4.69, 9.17) is 5.11 Å². The monoisotopic (exact) mass is 202 g/mol. The lowest BCUT2D eigenvalue weighted by atomic mass is 10.0. The van der Waals surface area contributed by atoms with E-state index in [1.165, 1.54) is 14.0 Å². The first kappa shape index (κ1) is 12.1. The van der Waals surface area contributed by atoms with Crippen LogP contribution >= 0.6 is 11.6 Å². The van der Waals surface area contributed by atoms with Crippen molar-refractivity contribution in [2.75, 3.05) is 13.7 Å². The van der Waals surface area contributed by atoms with Gasteiger partial charge in [0.25, 0.3) is 0 Å². The van der Waals surface area contributed by atoms with Crippen LogP contribution in [0, 0.1) is 5.92 Å². The maximum atomic E-state index is 12.3. The van der Waals surface area contributed by atoms with Crippen molar-refractivity contribution in [1.29, 1.82) is 0 Å². The summed E-state index contributed by atoms with van der Waals surface area (Å²) in [6.07, 6.45) is -1.45. The molecule has 1 N–H and O–H groups in total. The highest BCUT2D eigenvalue weighted by atomic mass is 35.5. The number of hydrogen-bond acceptors (Lipinski definition) is 2. The highest BCUT2D eigenvalue weighted by Gasteiger charge is 2.38. The third-order valence-electron chi connectivity index (χ3n) is 1.65. The van der Waals surface area contributed by atoms with Crippen molar-refractivity contribution in [3.63, 3.8) is 0 Å². The van der Waals surface area contributed by atoms with E-state index >= 15 is 0 Å². The Morgan fingerprint density at radius 2 is 2.08 bits per heavy atom. The normalized spacial score (nSPS) is 17.5. The number of methoxy groups -OCH3 is 1. The van der Waals surface area contributed by atoms with Crippen molar-refractivity contribution in [3.05, 3.63) is 0 Å². The first-order chi connectivity index (χ1) is 5.39. The molecule has 0 aliphatic heterocycles. The van der Waals surface area contributed by atoms with Crippen LogP contribution in [0.5, 0.6) is 0 Å². The molecule has 5 heteroatoms. The zero-order chi connectivity index (χ0) is 9.78. The fraction of sp³-hybridized carbons (Fsp3) is 1.00. The van der Waals surface area contributed by atoms with Crippen molar-refractivity contribution in [2.45, 2.75) is 24.8 Å². The van der Waals surface area contributed by atoms with Gasteiger partial charge in [0.15, 0.2) is 0 Å². The molecule has 2 nitrogen and oxygen atoms in total. The van der Waals surface area contributed by atoms with Crippen molar-refractivity contribution in [1.82, 2.24) is 0 Å². The van der Waals surface area contributed by atoms with Gasteiger partial charge in [0.05, 0.1) is 0 Å². The maximum Gasteiger partial charge on any atom is 0.347 e. The SMILES string of the molecule is COCCC(C)C(O)C(F)(F)Cl. The van der Waals surface area contributed by atoms with Gasteiger partial charge in [-0.25, -0.2) is 0 Å². The van der Waals surface area contributed by atoms with Gasteiger partial charge in [0.1, 0.15) is 6.10 Å². The number of aliphatic hydroxyl groups excluding tert-OH is 1. The van der Waals surface area contributed by atoms with Crippen molar-refractivity contribution < 1.29 is 18.6 Å². The van der Waals surface area contributed by atoms with Crippen LogP contribution in [0.4, 0.5) is 8.78 Å². The molecule has 0 heterocycles. The molecule has 0 rings (SSSR count). The van der Waals surface area contributed by atoms with Crippen LogP contribution < -0.4 is 0 Å². The molecule has 0 saturated heterocycles. The quantitative estimate of drug-likeness (QED) is 0.690. The minimum Gasteiger partial charge on any atom is -0.385 e. The third kappa shape index (κ3) is 4.18. The summed E-state index contributed by atoms with van der Waals surface area (Å²) < 4.78 is 29.2. The van der Waals surface area contributed by atoms with Crippen LogP contribution in [0.3, 0.4) is 0 Å². The summed E-state index contributed by atoms with van der Waals surface area (Å²) in [5.41, 5.74) is 0. The van der Waals surface area contributed by atoms with E-state index in [-0.39, 0.29) is 0 Å². The second-order valence-electron chi connectivity index (χ2n) is 2.75. The van der Waals surface area contributed by atoms with Crippen LogP contribution in [-0.2, 0) is 4.74 Å². The fourth-order valence-corrected chi connectivity index (χ4v) is 0.999. The number of aliphatic hydroxyl groups is 1. The molecule has 0 aromatic carbocycles. The van der Waals surface area contributed by atoms with E-state index in [1.807, 2.05) is 0 Å². The summed E-state index contributed by atoms with van der Waals surface area (Å²) in [5, 5.41) is 5.39. The second kappa shape index (κ2) is 4.94. The highest BCUT2D eigenvalue weighted by molar-refractivity contribution is 6.22. The second-order valence-corrected chi connectivity index (χ2v) is 3.25. The van der Waals surface area contributed by atoms with Crippen LogP contribution in [-0.4, -0.2) is 30.3 Å². The molecule has 2 atom stereocenters. The summed E-state index contributed by atoms with van der Waals surface area (Å²) in [5.74, 6) is -0.572. The Morgan fingerprint density at radius 3 is 2.42 bits per heavy atom. The van der Waals surface area contributed by atoms with Crippen LogP contribution in [0.2, 0.25) is 0 Å². The summed E-state index contributed by atoms with van der Waals surface area (Å²) >= 11 is 4.63. The van der Waals surface area contributed by atoms with Crippen molar-refractivity contribution >= 4 is 11.6 Å². The molecule has 0 aromatic rings. The molecule has 2 unspecified atom stereocenters. The van der Waals surface area contributed by atoms with E-state index in [0.29, 0.717) is 13.0 Å². The Bertz CT molecular complexity index is 127. The highest BCUT2D eigenvalue weighted by Crippen LogP contribution is 2.29. The Kier molecular flexibility index (Phi) is 4.97. The molecule has 0 bridgehead atoms. The zero-order valence-corrected chi connectivity index (χ0v) is 7.81. The van der Waals surface area contributed by atoms with Gasteiger partial charge in [-0.1, -0.05) is 6.92 Å². The molecule has 0 saturated carbocycles. The van der Waals surface area contributed by atoms with Gasteiger partial charge in [-0.3, -0.25) is 0 Å². The predicted octanol–water partition coefficient (Wildman–Crippen LogP) is 1.85. The van der Waals surface area contributed by atoms with Crippen molar-refractivity contribution in [2.24, 2.45) is 5.92 Å². The minimum absolute atomic E-state index is 0.338. The van der Waals surface area contributed by atoms with Crippen LogP contribution in [0.1, 0.15) is 13.3 Å². The summed E-state index contributed by atoms with van der Waals surface area (Å²) in [6, 6.07) is 0. The van der Waals surface area contributed by atoms with Crippen LogP contribution in [0.15, 0.2) is 0 Å². The van der Waals surface area contributed by atoms with E-state index in [0.717, 1.165) is 0 Å². The Labute approximate surface area is 75.5 Å². The molecule has 12 heavy (non-hydrogen) atoms. The summed E-state index contributed by atoms with van der Waals surface area (Å²) in [7, 11) is 1.47. The van der Waals surface area contributed by atoms with Crippen LogP contribution in [0.25, 0.3) is 0 Å². The van der Waals surface area contributed by atoms with Gasteiger partial charge in [-0.2, -0.15) is 8.78 Å². The first-order valence-corrected chi connectivity index (χ1v) is 4.01. The standard InChI is InChI=1S/C7H13ClF2O2/c1-5(3-4-12-2)6(11)7(8,9)10/h5-6,11H,3-4H2,1-2H3. The number of rotatable bonds is 5. The topological polar surface area (TPSA) is 29.5 Å². The van der Waals surface area contributed by atoms with Gasteiger partial charge >= 0.3 is 5.38 Å². The number of halogens is 3. The zero-order valence-electron chi connectivity index (χ0n) is 7.06. The Hall–Kier alpha value is 0.0700. The molecule has 0 radical (unpaired) electrons. The van der Waals surface area contributed by atoms with Gasteiger partial charge in [0.2, 0.25) is 0 Å². The van der Waals surface area contributed by atoms with Gasteiger partial charge in [0, 0.05) is 13.7 Å². The van der Waals surface area contributed by atoms with E-state index in [9.17, 15) is 8.78 Å². The molecule has 0 fully saturated rings. The smallest absolute Gasteiger partial charge is 0.347 e. The number of alkyl halides is 3. The molecule has 0 aliphatic rings. The maximum absolute atomic E-state index is 12.3. The van der Waals surface area contributed by atoms with Gasteiger partial charge in [-0.15, -0.1) is 0 Å². The van der Waals surface area contributed by atoms with Gasteiger partial charge in [-0.05, 0) is 23.9 Å². The average Bonchev–Trinajstić information content (AvgIpc) is 1.97. The molecule has 0 aliphatic carbocycles. The average molecular weight is 203 g/mol.